The summed E-state index contributed by atoms with van der Waals surface area (Å²) in [6, 6.07) is 0. The van der Waals surface area contributed by atoms with Crippen LogP contribution in [0.1, 0.15) is 10.6 Å². The number of nitrogens with one attached hydrogen (secondary N) is 1. The summed E-state index contributed by atoms with van der Waals surface area (Å²) in [5.74, 6) is -0.0385. The van der Waals surface area contributed by atoms with E-state index in [9.17, 15) is 4.79 Å². The zero-order valence-corrected chi connectivity index (χ0v) is 7.86. The molecule has 0 fully saturated rings. The van der Waals surface area contributed by atoms with Gasteiger partial charge in [-0.25, -0.2) is 4.98 Å². The van der Waals surface area contributed by atoms with E-state index in [-0.39, 0.29) is 5.91 Å². The molecule has 1 heterocycles. The maximum atomic E-state index is 11.0. The summed E-state index contributed by atoms with van der Waals surface area (Å²) in [7, 11) is 1.60. The first-order chi connectivity index (χ1) is 5.63. The minimum absolute atomic E-state index is 0.0385. The smallest absolute Gasteiger partial charge is 0.225 e. The summed E-state index contributed by atoms with van der Waals surface area (Å²) in [5.41, 5.74) is 6.25. The normalized spacial score (nSPS) is 9.83. The molecule has 1 amide bonds. The van der Waals surface area contributed by atoms with Gasteiger partial charge in [-0.2, -0.15) is 0 Å². The maximum absolute atomic E-state index is 11.0. The van der Waals surface area contributed by atoms with Crippen LogP contribution in [-0.4, -0.2) is 17.9 Å². The van der Waals surface area contributed by atoms with Crippen molar-refractivity contribution in [3.05, 3.63) is 10.6 Å². The average Bonchev–Trinajstić information content (AvgIpc) is 2.30. The lowest BCUT2D eigenvalue weighted by atomic mass is 10.3. The standard InChI is InChI=1S/C7H11N3OS/c1-4-5(3-6(11)9-2)10-7(8)12-4/h3H2,1-2H3,(H2,8,10)(H,9,11). The monoisotopic (exact) mass is 185 g/mol. The largest absolute Gasteiger partial charge is 0.375 e. The quantitative estimate of drug-likeness (QED) is 0.697. The number of nitrogens with zero attached hydrogens (tertiary/aromatic N) is 1. The first-order valence-corrected chi connectivity index (χ1v) is 4.37. The number of rotatable bonds is 2. The lowest BCUT2D eigenvalue weighted by Gasteiger charge is -1.95. The number of nitrogens with two attached hydrogens (primary N) is 1. The van der Waals surface area contributed by atoms with Crippen molar-refractivity contribution in [1.82, 2.24) is 10.3 Å². The molecule has 1 aromatic heterocycles. The van der Waals surface area contributed by atoms with Crippen LogP contribution in [0.2, 0.25) is 0 Å². The zero-order valence-electron chi connectivity index (χ0n) is 7.05. The van der Waals surface area contributed by atoms with Crippen LogP contribution in [0.4, 0.5) is 5.13 Å². The highest BCUT2D eigenvalue weighted by Gasteiger charge is 2.08. The molecule has 0 atom stereocenters. The Hall–Kier alpha value is -1.10. The predicted octanol–water partition coefficient (Wildman–Crippen LogP) is 0.322. The van der Waals surface area contributed by atoms with Crippen LogP contribution in [0.15, 0.2) is 0 Å². The Bertz CT molecular complexity index is 295. The molecule has 3 N–H and O–H groups in total. The van der Waals surface area contributed by atoms with Gasteiger partial charge in [0.25, 0.3) is 0 Å². The van der Waals surface area contributed by atoms with E-state index in [4.69, 9.17) is 5.73 Å². The number of likely N-dealkylation sites (N-methyl/N-ethyl adjacent to an activating group) is 1. The third kappa shape index (κ3) is 1.94. The van der Waals surface area contributed by atoms with Gasteiger partial charge in [0.2, 0.25) is 5.91 Å². The van der Waals surface area contributed by atoms with Crippen molar-refractivity contribution in [1.29, 1.82) is 0 Å². The molecule has 0 aliphatic heterocycles. The van der Waals surface area contributed by atoms with E-state index in [2.05, 4.69) is 10.3 Å². The third-order valence-corrected chi connectivity index (χ3v) is 2.36. The van der Waals surface area contributed by atoms with Gasteiger partial charge in [-0.05, 0) is 6.92 Å². The number of aryl methyl sites for hydroxylation is 1. The zero-order chi connectivity index (χ0) is 9.14. The average molecular weight is 185 g/mol. The number of carbonyl (C=O) groups is 1. The van der Waals surface area contributed by atoms with Crippen molar-refractivity contribution < 1.29 is 4.79 Å². The third-order valence-electron chi connectivity index (χ3n) is 1.52. The molecular weight excluding hydrogens is 174 g/mol. The van der Waals surface area contributed by atoms with E-state index in [0.717, 1.165) is 10.6 Å². The highest BCUT2D eigenvalue weighted by Crippen LogP contribution is 2.18. The van der Waals surface area contributed by atoms with E-state index in [0.29, 0.717) is 11.6 Å². The van der Waals surface area contributed by atoms with Gasteiger partial charge in [0, 0.05) is 11.9 Å². The summed E-state index contributed by atoms with van der Waals surface area (Å²) in [6.45, 7) is 1.91. The van der Waals surface area contributed by atoms with Gasteiger partial charge in [0.15, 0.2) is 5.13 Å². The molecular formula is C7H11N3OS. The molecule has 1 rings (SSSR count). The second-order valence-corrected chi connectivity index (χ2v) is 3.64. The number of nitrogen functional groups attached to an aromatic ring is 1. The molecule has 12 heavy (non-hydrogen) atoms. The Kier molecular flexibility index (Phi) is 2.65. The van der Waals surface area contributed by atoms with Crippen LogP contribution in [0, 0.1) is 6.92 Å². The molecule has 0 aromatic carbocycles. The Morgan fingerprint density at radius 3 is 2.83 bits per heavy atom. The molecule has 0 unspecified atom stereocenters. The van der Waals surface area contributed by atoms with E-state index in [1.54, 1.807) is 7.05 Å². The Balaban J connectivity index is 2.75. The number of hydrogen-bond acceptors (Lipinski definition) is 4. The van der Waals surface area contributed by atoms with Gasteiger partial charge in [0.05, 0.1) is 12.1 Å². The molecule has 0 aliphatic carbocycles. The molecule has 4 nitrogen and oxygen atoms in total. The molecule has 0 saturated heterocycles. The fraction of sp³-hybridized carbons (Fsp3) is 0.429. The first kappa shape index (κ1) is 8.99. The number of anilines is 1. The van der Waals surface area contributed by atoms with E-state index in [1.807, 2.05) is 6.92 Å². The summed E-state index contributed by atoms with van der Waals surface area (Å²) >= 11 is 1.41. The molecule has 66 valence electrons. The van der Waals surface area contributed by atoms with Gasteiger partial charge in [0.1, 0.15) is 0 Å². The summed E-state index contributed by atoms with van der Waals surface area (Å²) in [6.07, 6.45) is 0.316. The highest BCUT2D eigenvalue weighted by atomic mass is 32.1. The molecule has 0 radical (unpaired) electrons. The summed E-state index contributed by atoms with van der Waals surface area (Å²) in [4.78, 5) is 16.0. The molecule has 0 aliphatic rings. The minimum Gasteiger partial charge on any atom is -0.375 e. The molecule has 0 spiro atoms. The number of carbonyl (C=O) groups excluding carboxylic acids is 1. The van der Waals surface area contributed by atoms with E-state index in [1.165, 1.54) is 11.3 Å². The second-order valence-electron chi connectivity index (χ2n) is 2.40. The van der Waals surface area contributed by atoms with Crippen LogP contribution in [0.5, 0.6) is 0 Å². The van der Waals surface area contributed by atoms with Crippen molar-refractivity contribution >= 4 is 22.4 Å². The van der Waals surface area contributed by atoms with Gasteiger partial charge in [-0.15, -0.1) is 11.3 Å². The predicted molar refractivity (Wildman–Crippen MR) is 49.0 cm³/mol. The fourth-order valence-electron chi connectivity index (χ4n) is 0.855. The Morgan fingerprint density at radius 2 is 2.42 bits per heavy atom. The molecule has 0 bridgehead atoms. The van der Waals surface area contributed by atoms with E-state index < -0.39 is 0 Å². The van der Waals surface area contributed by atoms with Gasteiger partial charge >= 0.3 is 0 Å². The highest BCUT2D eigenvalue weighted by molar-refractivity contribution is 7.15. The number of hydrogen-bond donors (Lipinski definition) is 2. The lowest BCUT2D eigenvalue weighted by molar-refractivity contribution is -0.120. The van der Waals surface area contributed by atoms with Crippen LogP contribution < -0.4 is 11.1 Å². The maximum Gasteiger partial charge on any atom is 0.225 e. The van der Waals surface area contributed by atoms with Gasteiger partial charge < -0.3 is 11.1 Å². The number of thiazole rings is 1. The molecule has 0 saturated carbocycles. The van der Waals surface area contributed by atoms with Crippen LogP contribution >= 0.6 is 11.3 Å². The fourth-order valence-corrected chi connectivity index (χ4v) is 1.56. The Morgan fingerprint density at radius 1 is 1.75 bits per heavy atom. The van der Waals surface area contributed by atoms with Crippen molar-refractivity contribution in [2.24, 2.45) is 0 Å². The van der Waals surface area contributed by atoms with Gasteiger partial charge in [-0.1, -0.05) is 0 Å². The van der Waals surface area contributed by atoms with Crippen LogP contribution in [0.25, 0.3) is 0 Å². The summed E-state index contributed by atoms with van der Waals surface area (Å²) in [5, 5.41) is 3.05. The molecule has 5 heteroatoms. The van der Waals surface area contributed by atoms with Crippen LogP contribution in [-0.2, 0) is 11.2 Å². The topological polar surface area (TPSA) is 68.0 Å². The van der Waals surface area contributed by atoms with E-state index >= 15 is 0 Å². The molecule has 1 aromatic rings. The lowest BCUT2D eigenvalue weighted by Crippen LogP contribution is -2.20. The van der Waals surface area contributed by atoms with Crippen molar-refractivity contribution in [3.63, 3.8) is 0 Å². The second kappa shape index (κ2) is 3.53. The Labute approximate surface area is 74.8 Å². The SMILES string of the molecule is CNC(=O)Cc1nc(N)sc1C. The number of amides is 1. The number of aromatic nitrogens is 1. The minimum atomic E-state index is -0.0385. The van der Waals surface area contributed by atoms with Crippen molar-refractivity contribution in [3.8, 4) is 0 Å². The van der Waals surface area contributed by atoms with Crippen molar-refractivity contribution in [2.75, 3.05) is 12.8 Å². The summed E-state index contributed by atoms with van der Waals surface area (Å²) < 4.78 is 0. The van der Waals surface area contributed by atoms with Gasteiger partial charge in [-0.3, -0.25) is 4.79 Å². The van der Waals surface area contributed by atoms with Crippen LogP contribution in [0.3, 0.4) is 0 Å². The van der Waals surface area contributed by atoms with Crippen molar-refractivity contribution in [2.45, 2.75) is 13.3 Å². The first-order valence-electron chi connectivity index (χ1n) is 3.56.